The van der Waals surface area contributed by atoms with Crippen LogP contribution in [0.1, 0.15) is 21.6 Å². The normalized spacial score (nSPS) is 10.8. The molecule has 0 fully saturated rings. The molecule has 1 aromatic carbocycles. The van der Waals surface area contributed by atoms with Gasteiger partial charge >= 0.3 is 0 Å². The predicted molar refractivity (Wildman–Crippen MR) is 86.5 cm³/mol. The van der Waals surface area contributed by atoms with Gasteiger partial charge in [-0.15, -0.1) is 0 Å². The fourth-order valence-corrected chi connectivity index (χ4v) is 2.48. The van der Waals surface area contributed by atoms with Crippen molar-refractivity contribution < 1.29 is 4.79 Å². The molecule has 3 rings (SSSR count). The Morgan fingerprint density at radius 3 is 3.00 bits per heavy atom. The first-order valence-corrected chi connectivity index (χ1v) is 7.26. The number of aromatic nitrogens is 2. The van der Waals surface area contributed by atoms with Crippen molar-refractivity contribution in [3.8, 4) is 0 Å². The molecule has 1 amide bonds. The van der Waals surface area contributed by atoms with E-state index in [0.29, 0.717) is 24.3 Å². The second-order valence-electron chi connectivity index (χ2n) is 5.11. The third-order valence-electron chi connectivity index (χ3n) is 3.64. The standard InChI is InChI=1S/C17H18N4O/c18-10-14-9-12(5-7-19-14)17(22)20-8-6-13-11-21-16-4-2-1-3-15(13)16/h1-5,7,9,11,21H,6,8,10,18H2,(H,20,22). The van der Waals surface area contributed by atoms with E-state index in [1.807, 2.05) is 24.4 Å². The Morgan fingerprint density at radius 2 is 2.14 bits per heavy atom. The third kappa shape index (κ3) is 2.99. The van der Waals surface area contributed by atoms with Crippen LogP contribution in [0.2, 0.25) is 0 Å². The van der Waals surface area contributed by atoms with E-state index in [0.717, 1.165) is 11.9 Å². The van der Waals surface area contributed by atoms with E-state index in [9.17, 15) is 4.79 Å². The van der Waals surface area contributed by atoms with Crippen molar-refractivity contribution in [1.82, 2.24) is 15.3 Å². The number of hydrogen-bond donors (Lipinski definition) is 3. The van der Waals surface area contributed by atoms with Crippen molar-refractivity contribution >= 4 is 16.8 Å². The van der Waals surface area contributed by atoms with Gasteiger partial charge in [-0.3, -0.25) is 9.78 Å². The van der Waals surface area contributed by atoms with Crippen LogP contribution < -0.4 is 11.1 Å². The van der Waals surface area contributed by atoms with Crippen LogP contribution in [-0.2, 0) is 13.0 Å². The van der Waals surface area contributed by atoms with Crippen molar-refractivity contribution in [2.45, 2.75) is 13.0 Å². The van der Waals surface area contributed by atoms with Crippen LogP contribution in [0.15, 0.2) is 48.8 Å². The Hall–Kier alpha value is -2.66. The van der Waals surface area contributed by atoms with Crippen molar-refractivity contribution in [2.75, 3.05) is 6.54 Å². The van der Waals surface area contributed by atoms with E-state index in [1.54, 1.807) is 18.3 Å². The molecule has 0 spiro atoms. The average molecular weight is 294 g/mol. The zero-order valence-corrected chi connectivity index (χ0v) is 12.2. The van der Waals surface area contributed by atoms with Gasteiger partial charge in [0, 0.05) is 41.9 Å². The van der Waals surface area contributed by atoms with Gasteiger partial charge < -0.3 is 16.0 Å². The number of nitrogens with one attached hydrogen (secondary N) is 2. The Balaban J connectivity index is 1.61. The van der Waals surface area contributed by atoms with Crippen LogP contribution in [0.5, 0.6) is 0 Å². The van der Waals surface area contributed by atoms with Gasteiger partial charge in [-0.05, 0) is 30.2 Å². The van der Waals surface area contributed by atoms with Gasteiger partial charge in [-0.25, -0.2) is 0 Å². The van der Waals surface area contributed by atoms with E-state index >= 15 is 0 Å². The van der Waals surface area contributed by atoms with Crippen LogP contribution in [0.3, 0.4) is 0 Å². The molecule has 0 unspecified atom stereocenters. The molecule has 5 heteroatoms. The van der Waals surface area contributed by atoms with Crippen LogP contribution >= 0.6 is 0 Å². The molecular formula is C17H18N4O. The number of hydrogen-bond acceptors (Lipinski definition) is 3. The van der Waals surface area contributed by atoms with Gasteiger partial charge in [0.05, 0.1) is 5.69 Å². The quantitative estimate of drug-likeness (QED) is 0.673. The van der Waals surface area contributed by atoms with Crippen molar-refractivity contribution in [1.29, 1.82) is 0 Å². The molecule has 3 aromatic rings. The minimum atomic E-state index is -0.100. The molecule has 22 heavy (non-hydrogen) atoms. The largest absolute Gasteiger partial charge is 0.361 e. The molecule has 5 nitrogen and oxygen atoms in total. The Labute approximate surface area is 128 Å². The number of fused-ring (bicyclic) bond motifs is 1. The number of carbonyl (C=O) groups excluding carboxylic acids is 1. The second kappa shape index (κ2) is 6.41. The van der Waals surface area contributed by atoms with E-state index in [-0.39, 0.29) is 5.91 Å². The molecule has 0 aliphatic carbocycles. The topological polar surface area (TPSA) is 83.8 Å². The summed E-state index contributed by atoms with van der Waals surface area (Å²) in [6.07, 6.45) is 4.39. The van der Waals surface area contributed by atoms with Gasteiger partial charge in [0.25, 0.3) is 5.91 Å². The predicted octanol–water partition coefficient (Wildman–Crippen LogP) is 1.99. The molecule has 2 heterocycles. The lowest BCUT2D eigenvalue weighted by Gasteiger charge is -2.06. The number of H-pyrrole nitrogens is 1. The van der Waals surface area contributed by atoms with Gasteiger partial charge in [0.1, 0.15) is 0 Å². The van der Waals surface area contributed by atoms with Crippen LogP contribution in [0.4, 0.5) is 0 Å². The lowest BCUT2D eigenvalue weighted by molar-refractivity contribution is 0.0954. The second-order valence-corrected chi connectivity index (χ2v) is 5.11. The molecule has 0 saturated carbocycles. The van der Waals surface area contributed by atoms with E-state index in [1.165, 1.54) is 10.9 Å². The number of para-hydroxylation sites is 1. The molecule has 0 aliphatic rings. The molecule has 0 radical (unpaired) electrons. The fraction of sp³-hybridized carbons (Fsp3) is 0.176. The molecule has 112 valence electrons. The summed E-state index contributed by atoms with van der Waals surface area (Å²) in [5.41, 5.74) is 9.16. The monoisotopic (exact) mass is 294 g/mol. The number of amides is 1. The van der Waals surface area contributed by atoms with Crippen molar-refractivity contribution in [3.63, 3.8) is 0 Å². The summed E-state index contributed by atoms with van der Waals surface area (Å²) in [5.74, 6) is -0.100. The number of aromatic amines is 1. The Morgan fingerprint density at radius 1 is 1.27 bits per heavy atom. The lowest BCUT2D eigenvalue weighted by Crippen LogP contribution is -2.25. The minimum Gasteiger partial charge on any atom is -0.361 e. The van der Waals surface area contributed by atoms with Crippen LogP contribution in [0.25, 0.3) is 10.9 Å². The summed E-state index contributed by atoms with van der Waals surface area (Å²) in [4.78, 5) is 19.4. The van der Waals surface area contributed by atoms with Crippen molar-refractivity contribution in [2.24, 2.45) is 5.73 Å². The number of nitrogens with two attached hydrogens (primary N) is 1. The number of rotatable bonds is 5. The number of benzene rings is 1. The Kier molecular flexibility index (Phi) is 4.16. The Bertz CT molecular complexity index is 794. The van der Waals surface area contributed by atoms with E-state index in [2.05, 4.69) is 21.4 Å². The van der Waals surface area contributed by atoms with Crippen LogP contribution in [0, 0.1) is 0 Å². The SMILES string of the molecule is NCc1cc(C(=O)NCCc2c[nH]c3ccccc23)ccn1. The first-order valence-electron chi connectivity index (χ1n) is 7.26. The third-order valence-corrected chi connectivity index (χ3v) is 3.64. The lowest BCUT2D eigenvalue weighted by atomic mass is 10.1. The highest BCUT2D eigenvalue weighted by Crippen LogP contribution is 2.17. The van der Waals surface area contributed by atoms with E-state index < -0.39 is 0 Å². The molecule has 0 aliphatic heterocycles. The highest BCUT2D eigenvalue weighted by Gasteiger charge is 2.07. The molecule has 0 bridgehead atoms. The van der Waals surface area contributed by atoms with Gasteiger partial charge in [-0.1, -0.05) is 18.2 Å². The maximum atomic E-state index is 12.1. The summed E-state index contributed by atoms with van der Waals surface area (Å²) in [6, 6.07) is 11.6. The molecular weight excluding hydrogens is 276 g/mol. The summed E-state index contributed by atoms with van der Waals surface area (Å²) in [5, 5.41) is 4.13. The van der Waals surface area contributed by atoms with Gasteiger partial charge in [-0.2, -0.15) is 0 Å². The average Bonchev–Trinajstić information content (AvgIpc) is 2.98. The zero-order chi connectivity index (χ0) is 15.4. The fourth-order valence-electron chi connectivity index (χ4n) is 2.48. The smallest absolute Gasteiger partial charge is 0.251 e. The summed E-state index contributed by atoms with van der Waals surface area (Å²) in [7, 11) is 0. The van der Waals surface area contributed by atoms with E-state index in [4.69, 9.17) is 5.73 Å². The number of nitrogens with zero attached hydrogens (tertiary/aromatic N) is 1. The van der Waals surface area contributed by atoms with Gasteiger partial charge in [0.2, 0.25) is 0 Å². The van der Waals surface area contributed by atoms with Crippen LogP contribution in [-0.4, -0.2) is 22.4 Å². The molecule has 4 N–H and O–H groups in total. The summed E-state index contributed by atoms with van der Waals surface area (Å²) >= 11 is 0. The first kappa shape index (κ1) is 14.3. The summed E-state index contributed by atoms with van der Waals surface area (Å²) < 4.78 is 0. The zero-order valence-electron chi connectivity index (χ0n) is 12.2. The first-order chi connectivity index (χ1) is 10.8. The molecule has 0 saturated heterocycles. The maximum Gasteiger partial charge on any atom is 0.251 e. The number of carbonyl (C=O) groups is 1. The highest BCUT2D eigenvalue weighted by atomic mass is 16.1. The summed E-state index contributed by atoms with van der Waals surface area (Å²) in [6.45, 7) is 0.914. The highest BCUT2D eigenvalue weighted by molar-refractivity contribution is 5.94. The van der Waals surface area contributed by atoms with Gasteiger partial charge in [0.15, 0.2) is 0 Å². The molecule has 0 atom stereocenters. The van der Waals surface area contributed by atoms with Crippen molar-refractivity contribution in [3.05, 3.63) is 65.6 Å². The maximum absolute atomic E-state index is 12.1. The minimum absolute atomic E-state index is 0.100. The number of pyridine rings is 1. The molecule has 2 aromatic heterocycles.